The summed E-state index contributed by atoms with van der Waals surface area (Å²) >= 11 is 5.87. The molecule has 0 saturated carbocycles. The molecule has 1 amide bonds. The number of nitrogens with zero attached hydrogens (tertiary/aromatic N) is 1. The minimum Gasteiger partial charge on any atom is -0.507 e. The Balaban J connectivity index is 1.79. The van der Waals surface area contributed by atoms with Crippen molar-refractivity contribution in [2.75, 3.05) is 5.32 Å². The van der Waals surface area contributed by atoms with Crippen molar-refractivity contribution >= 4 is 39.9 Å². The number of aromatic nitrogens is 1. The maximum absolute atomic E-state index is 12.4. The third-order valence-corrected chi connectivity index (χ3v) is 4.19. The van der Waals surface area contributed by atoms with Crippen molar-refractivity contribution in [1.29, 1.82) is 0 Å². The van der Waals surface area contributed by atoms with Crippen LogP contribution in [0.5, 0.6) is 11.5 Å². The largest absolute Gasteiger partial charge is 0.507 e. The molecule has 7 nitrogen and oxygen atoms in total. The van der Waals surface area contributed by atoms with Gasteiger partial charge in [0.25, 0.3) is 5.91 Å². The number of carbonyl (C=O) groups excluding carboxylic acids is 2. The molecule has 3 N–H and O–H groups in total. The van der Waals surface area contributed by atoms with Gasteiger partial charge in [0.05, 0.1) is 5.69 Å². The van der Waals surface area contributed by atoms with Gasteiger partial charge in [0.15, 0.2) is 11.3 Å². The lowest BCUT2D eigenvalue weighted by Gasteiger charge is -2.15. The molecule has 0 aliphatic rings. The van der Waals surface area contributed by atoms with Crippen molar-refractivity contribution in [3.63, 3.8) is 0 Å². The van der Waals surface area contributed by atoms with E-state index in [-0.39, 0.29) is 27.9 Å². The quantitative estimate of drug-likeness (QED) is 0.360. The van der Waals surface area contributed by atoms with Crippen LogP contribution in [0.15, 0.2) is 48.7 Å². The highest BCUT2D eigenvalue weighted by Gasteiger charge is 2.23. The van der Waals surface area contributed by atoms with E-state index in [1.807, 2.05) is 0 Å². The lowest BCUT2D eigenvalue weighted by molar-refractivity contribution is -0.123. The van der Waals surface area contributed by atoms with Gasteiger partial charge in [0, 0.05) is 17.0 Å². The van der Waals surface area contributed by atoms with Crippen molar-refractivity contribution in [2.45, 2.75) is 13.0 Å². The Labute approximate surface area is 159 Å². The average molecular weight is 387 g/mol. The first-order chi connectivity index (χ1) is 12.9. The predicted molar refractivity (Wildman–Crippen MR) is 100 cm³/mol. The molecule has 1 atom stereocenters. The second-order valence-corrected chi connectivity index (χ2v) is 6.07. The van der Waals surface area contributed by atoms with Crippen LogP contribution in [-0.4, -0.2) is 33.2 Å². The van der Waals surface area contributed by atoms with E-state index < -0.39 is 18.0 Å². The number of pyridine rings is 1. The van der Waals surface area contributed by atoms with Gasteiger partial charge in [-0.25, -0.2) is 9.78 Å². The number of rotatable bonds is 4. The number of benzene rings is 2. The fourth-order valence-electron chi connectivity index (χ4n) is 2.49. The Hall–Kier alpha value is -3.32. The Morgan fingerprint density at radius 1 is 1.15 bits per heavy atom. The number of carbonyl (C=O) groups is 2. The molecule has 8 heteroatoms. The highest BCUT2D eigenvalue weighted by Crippen LogP contribution is 2.35. The first kappa shape index (κ1) is 18.5. The summed E-state index contributed by atoms with van der Waals surface area (Å²) in [7, 11) is 0. The summed E-state index contributed by atoms with van der Waals surface area (Å²) in [5.41, 5.74) is 0.0310. The van der Waals surface area contributed by atoms with Crippen LogP contribution in [0.3, 0.4) is 0 Å². The molecule has 0 bridgehead atoms. The van der Waals surface area contributed by atoms with Gasteiger partial charge >= 0.3 is 5.97 Å². The van der Waals surface area contributed by atoms with E-state index in [2.05, 4.69) is 10.3 Å². The maximum atomic E-state index is 12.4. The normalized spacial score (nSPS) is 11.8. The van der Waals surface area contributed by atoms with Gasteiger partial charge in [-0.05, 0) is 25.1 Å². The summed E-state index contributed by atoms with van der Waals surface area (Å²) in [5.74, 6) is -2.10. The maximum Gasteiger partial charge on any atom is 0.342 e. The van der Waals surface area contributed by atoms with Crippen LogP contribution < -0.4 is 5.32 Å². The molecular formula is C19H15ClN2O5. The number of phenolic OH excluding ortho intramolecular Hbond substituents is 2. The molecule has 1 aromatic heterocycles. The first-order valence-electron chi connectivity index (χ1n) is 7.94. The average Bonchev–Trinajstić information content (AvgIpc) is 2.66. The molecule has 1 heterocycles. The summed E-state index contributed by atoms with van der Waals surface area (Å²) < 4.78 is 5.11. The standard InChI is InChI=1S/C19H15ClN2O5/c1-10(18(25)22-14-7-4-8-21-17(14)20)27-19(26)13-9-15(23)11-5-2-3-6-12(11)16(13)24/h2-10,23-24H,1H3,(H,22,25)/t10-/m1/s1. The van der Waals surface area contributed by atoms with E-state index in [9.17, 15) is 19.8 Å². The molecule has 0 aliphatic carbocycles. The third kappa shape index (κ3) is 3.78. The zero-order chi connectivity index (χ0) is 19.6. The number of amides is 1. The van der Waals surface area contributed by atoms with Crippen molar-refractivity contribution in [3.05, 3.63) is 59.4 Å². The number of nitrogens with one attached hydrogen (secondary N) is 1. The zero-order valence-electron chi connectivity index (χ0n) is 14.1. The van der Waals surface area contributed by atoms with E-state index in [4.69, 9.17) is 16.3 Å². The second kappa shape index (κ2) is 7.51. The number of phenols is 2. The van der Waals surface area contributed by atoms with E-state index in [0.29, 0.717) is 10.8 Å². The summed E-state index contributed by atoms with van der Waals surface area (Å²) in [6, 6.07) is 10.8. The van der Waals surface area contributed by atoms with Gasteiger partial charge in [-0.3, -0.25) is 4.79 Å². The number of fused-ring (bicyclic) bond motifs is 1. The summed E-state index contributed by atoms with van der Waals surface area (Å²) in [6.07, 6.45) is 0.290. The van der Waals surface area contributed by atoms with Gasteiger partial charge in [-0.1, -0.05) is 35.9 Å². The fraction of sp³-hybridized carbons (Fsp3) is 0.105. The summed E-state index contributed by atoms with van der Waals surface area (Å²) in [4.78, 5) is 28.4. The van der Waals surface area contributed by atoms with Crippen LogP contribution in [-0.2, 0) is 9.53 Å². The molecule has 0 radical (unpaired) electrons. The Kier molecular flexibility index (Phi) is 5.14. The Bertz CT molecular complexity index is 1040. The number of anilines is 1. The SMILES string of the molecule is C[C@@H](OC(=O)c1cc(O)c2ccccc2c1O)C(=O)Nc1cccnc1Cl. The van der Waals surface area contributed by atoms with Crippen LogP contribution in [0.1, 0.15) is 17.3 Å². The van der Waals surface area contributed by atoms with Crippen LogP contribution >= 0.6 is 11.6 Å². The van der Waals surface area contributed by atoms with Crippen LogP contribution in [0, 0.1) is 0 Å². The molecule has 0 spiro atoms. The van der Waals surface area contributed by atoms with Crippen molar-refractivity contribution in [2.24, 2.45) is 0 Å². The van der Waals surface area contributed by atoms with E-state index in [1.54, 1.807) is 36.4 Å². The van der Waals surface area contributed by atoms with Crippen LogP contribution in [0.2, 0.25) is 5.15 Å². The predicted octanol–water partition coefficient (Wildman–Crippen LogP) is 3.48. The molecule has 138 valence electrons. The number of aromatic hydroxyl groups is 2. The minimum atomic E-state index is -1.18. The summed E-state index contributed by atoms with van der Waals surface area (Å²) in [5, 5.41) is 23.7. The molecule has 0 unspecified atom stereocenters. The molecule has 0 fully saturated rings. The van der Waals surface area contributed by atoms with Gasteiger partial charge in [0.1, 0.15) is 17.1 Å². The lowest BCUT2D eigenvalue weighted by Crippen LogP contribution is -2.30. The molecule has 3 aromatic rings. The number of ether oxygens (including phenoxy) is 1. The number of halogens is 1. The van der Waals surface area contributed by atoms with Crippen LogP contribution in [0.4, 0.5) is 5.69 Å². The molecule has 27 heavy (non-hydrogen) atoms. The lowest BCUT2D eigenvalue weighted by atomic mass is 10.0. The molecule has 0 aliphatic heterocycles. The second-order valence-electron chi connectivity index (χ2n) is 5.72. The Morgan fingerprint density at radius 3 is 2.56 bits per heavy atom. The van der Waals surface area contributed by atoms with Gasteiger partial charge in [-0.2, -0.15) is 0 Å². The smallest absolute Gasteiger partial charge is 0.342 e. The molecule has 2 aromatic carbocycles. The third-order valence-electron chi connectivity index (χ3n) is 3.88. The highest BCUT2D eigenvalue weighted by atomic mass is 35.5. The van der Waals surface area contributed by atoms with Crippen molar-refractivity contribution in [3.8, 4) is 11.5 Å². The highest BCUT2D eigenvalue weighted by molar-refractivity contribution is 6.32. The van der Waals surface area contributed by atoms with Crippen LogP contribution in [0.25, 0.3) is 10.8 Å². The van der Waals surface area contributed by atoms with Gasteiger partial charge in [-0.15, -0.1) is 0 Å². The molecular weight excluding hydrogens is 372 g/mol. The first-order valence-corrected chi connectivity index (χ1v) is 8.32. The topological polar surface area (TPSA) is 109 Å². The minimum absolute atomic E-state index is 0.0986. The van der Waals surface area contributed by atoms with Gasteiger partial charge < -0.3 is 20.3 Å². The van der Waals surface area contributed by atoms with E-state index in [1.165, 1.54) is 13.1 Å². The molecule has 3 rings (SSSR count). The molecule has 0 saturated heterocycles. The number of hydrogen-bond donors (Lipinski definition) is 3. The monoisotopic (exact) mass is 386 g/mol. The number of hydrogen-bond acceptors (Lipinski definition) is 6. The summed E-state index contributed by atoms with van der Waals surface area (Å²) in [6.45, 7) is 1.37. The number of esters is 1. The van der Waals surface area contributed by atoms with Gasteiger partial charge in [0.2, 0.25) is 0 Å². The van der Waals surface area contributed by atoms with E-state index >= 15 is 0 Å². The van der Waals surface area contributed by atoms with E-state index in [0.717, 1.165) is 6.07 Å². The van der Waals surface area contributed by atoms with Crippen molar-refractivity contribution < 1.29 is 24.5 Å². The zero-order valence-corrected chi connectivity index (χ0v) is 14.9. The Morgan fingerprint density at radius 2 is 1.85 bits per heavy atom. The van der Waals surface area contributed by atoms with Crippen molar-refractivity contribution in [1.82, 2.24) is 4.98 Å². The fourth-order valence-corrected chi connectivity index (χ4v) is 2.65.